The molecule has 1 aromatic carbocycles. The van der Waals surface area contributed by atoms with Crippen LogP contribution in [0.25, 0.3) is 0 Å². The summed E-state index contributed by atoms with van der Waals surface area (Å²) < 4.78 is 0. The first-order valence-corrected chi connectivity index (χ1v) is 7.06. The van der Waals surface area contributed by atoms with Crippen molar-refractivity contribution in [2.24, 2.45) is 0 Å². The lowest BCUT2D eigenvalue weighted by Crippen LogP contribution is -2.30. The largest absolute Gasteiger partial charge is 0.335 e. The molecule has 0 radical (unpaired) electrons. The number of carbonyl (C=O) groups excluding carboxylic acids is 1. The molecule has 0 saturated heterocycles. The maximum absolute atomic E-state index is 12.4. The van der Waals surface area contributed by atoms with Gasteiger partial charge in [0.05, 0.1) is 11.6 Å². The summed E-state index contributed by atoms with van der Waals surface area (Å²) in [5, 5.41) is 1.06. The predicted octanol–water partition coefficient (Wildman–Crippen LogP) is 3.51. The quantitative estimate of drug-likeness (QED) is 0.939. The molecule has 2 aromatic rings. The summed E-state index contributed by atoms with van der Waals surface area (Å²) in [5.74, 6) is -0.204. The van der Waals surface area contributed by atoms with Gasteiger partial charge in [0.15, 0.2) is 0 Å². The van der Waals surface area contributed by atoms with Crippen LogP contribution in [0.2, 0.25) is 10.0 Å². The van der Waals surface area contributed by atoms with Gasteiger partial charge in [0.1, 0.15) is 0 Å². The van der Waals surface area contributed by atoms with Gasteiger partial charge in [-0.1, -0.05) is 29.3 Å². The molecular formula is C15H14Cl2N2O2. The zero-order chi connectivity index (χ0) is 15.6. The fourth-order valence-electron chi connectivity index (χ4n) is 1.97. The highest BCUT2D eigenvalue weighted by Gasteiger charge is 2.20. The van der Waals surface area contributed by atoms with Crippen molar-refractivity contribution in [3.05, 3.63) is 68.1 Å². The topological polar surface area (TPSA) is 53.2 Å². The molecule has 0 aliphatic rings. The molecule has 6 heteroatoms. The van der Waals surface area contributed by atoms with Gasteiger partial charge in [-0.3, -0.25) is 9.59 Å². The van der Waals surface area contributed by atoms with Crippen molar-refractivity contribution in [3.8, 4) is 0 Å². The van der Waals surface area contributed by atoms with E-state index in [9.17, 15) is 9.59 Å². The molecular weight excluding hydrogens is 311 g/mol. The first-order chi connectivity index (χ1) is 9.90. The van der Waals surface area contributed by atoms with E-state index in [4.69, 9.17) is 23.2 Å². The van der Waals surface area contributed by atoms with Crippen LogP contribution >= 0.6 is 23.2 Å². The van der Waals surface area contributed by atoms with Crippen molar-refractivity contribution in [1.29, 1.82) is 0 Å². The van der Waals surface area contributed by atoms with Gasteiger partial charge in [-0.15, -0.1) is 0 Å². The lowest BCUT2D eigenvalue weighted by atomic mass is 10.1. The highest BCUT2D eigenvalue weighted by Crippen LogP contribution is 2.29. The molecule has 0 aliphatic heterocycles. The van der Waals surface area contributed by atoms with Crippen LogP contribution in [0.5, 0.6) is 0 Å². The Labute approximate surface area is 132 Å². The van der Waals surface area contributed by atoms with E-state index >= 15 is 0 Å². The van der Waals surface area contributed by atoms with Gasteiger partial charge >= 0.3 is 0 Å². The van der Waals surface area contributed by atoms with E-state index in [-0.39, 0.29) is 17.5 Å². The number of pyridine rings is 1. The van der Waals surface area contributed by atoms with Crippen molar-refractivity contribution < 1.29 is 4.79 Å². The van der Waals surface area contributed by atoms with Gasteiger partial charge in [-0.2, -0.15) is 0 Å². The van der Waals surface area contributed by atoms with E-state index in [0.29, 0.717) is 15.6 Å². The van der Waals surface area contributed by atoms with Crippen LogP contribution in [-0.2, 0) is 0 Å². The van der Waals surface area contributed by atoms with Crippen LogP contribution in [0.3, 0.4) is 0 Å². The molecule has 0 fully saturated rings. The van der Waals surface area contributed by atoms with Gasteiger partial charge in [0, 0.05) is 29.4 Å². The Morgan fingerprint density at radius 2 is 1.95 bits per heavy atom. The maximum Gasteiger partial charge on any atom is 0.255 e. The first-order valence-electron chi connectivity index (χ1n) is 6.31. The Bertz CT molecular complexity index is 707. The molecule has 0 spiro atoms. The van der Waals surface area contributed by atoms with Crippen molar-refractivity contribution in [2.75, 3.05) is 7.05 Å². The molecule has 2 rings (SSSR count). The summed E-state index contributed by atoms with van der Waals surface area (Å²) >= 11 is 12.0. The summed E-state index contributed by atoms with van der Waals surface area (Å²) in [5.41, 5.74) is 0.971. The van der Waals surface area contributed by atoms with Crippen LogP contribution in [0.15, 0.2) is 41.3 Å². The Morgan fingerprint density at radius 1 is 1.24 bits per heavy atom. The summed E-state index contributed by atoms with van der Waals surface area (Å²) in [6, 6.07) is 7.76. The number of nitrogens with zero attached hydrogens (tertiary/aromatic N) is 1. The summed E-state index contributed by atoms with van der Waals surface area (Å²) in [6.45, 7) is 1.87. The molecule has 1 heterocycles. The number of hydrogen-bond donors (Lipinski definition) is 1. The highest BCUT2D eigenvalue weighted by atomic mass is 35.5. The summed E-state index contributed by atoms with van der Waals surface area (Å²) in [6.07, 6.45) is 1.40. The number of benzene rings is 1. The Balaban J connectivity index is 2.26. The van der Waals surface area contributed by atoms with Crippen LogP contribution in [-0.4, -0.2) is 22.8 Å². The zero-order valence-electron chi connectivity index (χ0n) is 11.6. The van der Waals surface area contributed by atoms with Gasteiger partial charge in [0.2, 0.25) is 5.56 Å². The lowest BCUT2D eigenvalue weighted by molar-refractivity contribution is 0.0742. The number of halogens is 2. The van der Waals surface area contributed by atoms with Gasteiger partial charge in [-0.25, -0.2) is 0 Å². The molecule has 0 aliphatic carbocycles. The normalized spacial score (nSPS) is 12.0. The van der Waals surface area contributed by atoms with Crippen LogP contribution < -0.4 is 5.56 Å². The molecule has 110 valence electrons. The van der Waals surface area contributed by atoms with E-state index in [1.807, 2.05) is 6.92 Å². The molecule has 0 saturated carbocycles. The van der Waals surface area contributed by atoms with Crippen LogP contribution in [0.1, 0.15) is 28.9 Å². The number of carbonyl (C=O) groups is 1. The second kappa shape index (κ2) is 6.33. The lowest BCUT2D eigenvalue weighted by Gasteiger charge is -2.26. The molecule has 1 N–H and O–H groups in total. The zero-order valence-corrected chi connectivity index (χ0v) is 13.1. The monoisotopic (exact) mass is 324 g/mol. The number of H-pyrrole nitrogens is 1. The average Bonchev–Trinajstić information content (AvgIpc) is 2.46. The Morgan fingerprint density at radius 3 is 2.52 bits per heavy atom. The van der Waals surface area contributed by atoms with Gasteiger partial charge in [-0.05, 0) is 30.7 Å². The van der Waals surface area contributed by atoms with Crippen molar-refractivity contribution >= 4 is 29.1 Å². The first kappa shape index (κ1) is 15.6. The predicted molar refractivity (Wildman–Crippen MR) is 84.0 cm³/mol. The minimum absolute atomic E-state index is 0.204. The van der Waals surface area contributed by atoms with E-state index in [2.05, 4.69) is 4.98 Å². The van der Waals surface area contributed by atoms with Gasteiger partial charge < -0.3 is 9.88 Å². The molecule has 1 aromatic heterocycles. The Hall–Kier alpha value is -1.78. The fourth-order valence-corrected chi connectivity index (χ4v) is 2.54. The Kier molecular flexibility index (Phi) is 4.70. The van der Waals surface area contributed by atoms with Gasteiger partial charge in [0.25, 0.3) is 5.91 Å². The minimum atomic E-state index is -0.247. The molecule has 1 unspecified atom stereocenters. The minimum Gasteiger partial charge on any atom is -0.335 e. The van der Waals surface area contributed by atoms with Crippen molar-refractivity contribution in [2.45, 2.75) is 13.0 Å². The fraction of sp³-hybridized carbons (Fsp3) is 0.200. The number of amides is 1. The number of aromatic nitrogens is 1. The smallest absolute Gasteiger partial charge is 0.255 e. The molecule has 21 heavy (non-hydrogen) atoms. The molecule has 4 nitrogen and oxygen atoms in total. The van der Waals surface area contributed by atoms with Crippen molar-refractivity contribution in [1.82, 2.24) is 9.88 Å². The number of hydrogen-bond acceptors (Lipinski definition) is 2. The van der Waals surface area contributed by atoms with E-state index in [1.54, 1.807) is 30.1 Å². The third-order valence-electron chi connectivity index (χ3n) is 3.35. The van der Waals surface area contributed by atoms with Crippen molar-refractivity contribution in [3.63, 3.8) is 0 Å². The maximum atomic E-state index is 12.4. The van der Waals surface area contributed by atoms with Crippen LogP contribution in [0, 0.1) is 0 Å². The summed E-state index contributed by atoms with van der Waals surface area (Å²) in [7, 11) is 1.68. The number of rotatable bonds is 3. The van der Waals surface area contributed by atoms with E-state index in [0.717, 1.165) is 5.56 Å². The highest BCUT2D eigenvalue weighted by molar-refractivity contribution is 6.35. The number of aromatic amines is 1. The third-order valence-corrected chi connectivity index (χ3v) is 3.91. The second-order valence-electron chi connectivity index (χ2n) is 4.70. The van der Waals surface area contributed by atoms with Crippen LogP contribution in [0.4, 0.5) is 0 Å². The summed E-state index contributed by atoms with van der Waals surface area (Å²) in [4.78, 5) is 27.5. The average molecular weight is 325 g/mol. The number of nitrogens with one attached hydrogen (secondary N) is 1. The van der Waals surface area contributed by atoms with E-state index < -0.39 is 0 Å². The van der Waals surface area contributed by atoms with E-state index in [1.165, 1.54) is 18.3 Å². The second-order valence-corrected chi connectivity index (χ2v) is 5.54. The SMILES string of the molecule is CC(c1ccc(Cl)cc1Cl)N(C)C(=O)c1ccc(=O)[nH]c1. The standard InChI is InChI=1S/C15H14Cl2N2O2/c1-9(12-5-4-11(16)7-13(12)17)19(2)15(21)10-3-6-14(20)18-8-10/h3-9H,1-2H3,(H,18,20). The third kappa shape index (κ3) is 3.46. The molecule has 0 bridgehead atoms. The molecule has 1 amide bonds. The molecule has 1 atom stereocenters.